The predicted octanol–water partition coefficient (Wildman–Crippen LogP) is 3.88. The van der Waals surface area contributed by atoms with E-state index in [4.69, 9.17) is 9.47 Å². The van der Waals surface area contributed by atoms with Gasteiger partial charge in [-0.1, -0.05) is 0 Å². The highest BCUT2D eigenvalue weighted by molar-refractivity contribution is 5.96. The van der Waals surface area contributed by atoms with Crippen LogP contribution in [0.2, 0.25) is 0 Å². The zero-order valence-corrected chi connectivity index (χ0v) is 24.1. The topological polar surface area (TPSA) is 100 Å². The third kappa shape index (κ3) is 8.34. The van der Waals surface area contributed by atoms with Gasteiger partial charge in [0, 0.05) is 44.3 Å². The quantitative estimate of drug-likeness (QED) is 0.484. The van der Waals surface area contributed by atoms with Gasteiger partial charge in [-0.25, -0.2) is 4.79 Å². The second-order valence-electron chi connectivity index (χ2n) is 12.3. The normalized spacial score (nSPS) is 22.2. The summed E-state index contributed by atoms with van der Waals surface area (Å²) < 4.78 is 11.5. The van der Waals surface area contributed by atoms with E-state index in [9.17, 15) is 14.4 Å². The number of amides is 3. The van der Waals surface area contributed by atoms with Crippen LogP contribution in [0.3, 0.4) is 0 Å². The van der Waals surface area contributed by atoms with Gasteiger partial charge < -0.3 is 29.9 Å². The number of aryl methyl sites for hydroxylation is 1. The fraction of sp³-hybridized carbons (Fsp3) is 0.700. The van der Waals surface area contributed by atoms with Crippen molar-refractivity contribution < 1.29 is 23.9 Å². The fourth-order valence-electron chi connectivity index (χ4n) is 5.73. The van der Waals surface area contributed by atoms with Gasteiger partial charge in [-0.15, -0.1) is 0 Å². The molecule has 4 rings (SSSR count). The molecule has 0 saturated carbocycles. The van der Waals surface area contributed by atoms with E-state index in [1.54, 1.807) is 0 Å². The average molecular weight is 543 g/mol. The Morgan fingerprint density at radius 3 is 2.44 bits per heavy atom. The number of hydrogen-bond donors (Lipinski definition) is 2. The first-order valence-corrected chi connectivity index (χ1v) is 14.6. The van der Waals surface area contributed by atoms with Gasteiger partial charge in [0.2, 0.25) is 5.91 Å². The summed E-state index contributed by atoms with van der Waals surface area (Å²) in [7, 11) is 0. The highest BCUT2D eigenvalue weighted by Crippen LogP contribution is 2.24. The van der Waals surface area contributed by atoms with Crippen molar-refractivity contribution in [2.45, 2.75) is 90.3 Å². The van der Waals surface area contributed by atoms with E-state index in [2.05, 4.69) is 10.6 Å². The van der Waals surface area contributed by atoms with Gasteiger partial charge in [-0.2, -0.15) is 0 Å². The number of benzene rings is 1. The molecular weight excluding hydrogens is 496 g/mol. The molecule has 9 heteroatoms. The summed E-state index contributed by atoms with van der Waals surface area (Å²) in [5, 5.41) is 6.38. The third-order valence-electron chi connectivity index (χ3n) is 7.92. The van der Waals surface area contributed by atoms with Gasteiger partial charge in [0.1, 0.15) is 11.4 Å². The van der Waals surface area contributed by atoms with Crippen LogP contribution in [0.15, 0.2) is 18.2 Å². The van der Waals surface area contributed by atoms with Crippen LogP contribution in [-0.2, 0) is 9.53 Å². The van der Waals surface area contributed by atoms with Gasteiger partial charge in [-0.3, -0.25) is 9.59 Å². The lowest BCUT2D eigenvalue weighted by Gasteiger charge is -2.33. The molecule has 39 heavy (non-hydrogen) atoms. The average Bonchev–Trinajstić information content (AvgIpc) is 3.58. The van der Waals surface area contributed by atoms with E-state index in [0.29, 0.717) is 31.1 Å². The maximum Gasteiger partial charge on any atom is 0.410 e. The minimum absolute atomic E-state index is 0.0552. The zero-order chi connectivity index (χ0) is 28.0. The SMILES string of the molecule is Cc1cc(OCCCC2CCN(C(=O)OC(C)(C)C)CC2)ccc1C(=O)N[C@@H]1CN[C@H](C(=O)N2CCCC2)C1. The van der Waals surface area contributed by atoms with Crippen molar-refractivity contribution in [2.75, 3.05) is 39.3 Å². The monoisotopic (exact) mass is 542 g/mol. The summed E-state index contributed by atoms with van der Waals surface area (Å²) in [4.78, 5) is 41.5. The van der Waals surface area contributed by atoms with Gasteiger partial charge in [0.15, 0.2) is 0 Å². The molecule has 3 aliphatic rings. The van der Waals surface area contributed by atoms with E-state index < -0.39 is 5.60 Å². The van der Waals surface area contributed by atoms with Gasteiger partial charge >= 0.3 is 6.09 Å². The molecule has 3 fully saturated rings. The van der Waals surface area contributed by atoms with Gasteiger partial charge in [0.05, 0.1) is 12.6 Å². The first-order valence-electron chi connectivity index (χ1n) is 14.6. The van der Waals surface area contributed by atoms with Gasteiger partial charge in [0.25, 0.3) is 5.91 Å². The number of carbonyl (C=O) groups excluding carboxylic acids is 3. The molecule has 0 unspecified atom stereocenters. The van der Waals surface area contributed by atoms with E-state index >= 15 is 0 Å². The predicted molar refractivity (Wildman–Crippen MR) is 150 cm³/mol. The zero-order valence-electron chi connectivity index (χ0n) is 24.1. The summed E-state index contributed by atoms with van der Waals surface area (Å²) >= 11 is 0. The maximum atomic E-state index is 12.9. The van der Waals surface area contributed by atoms with Crippen molar-refractivity contribution >= 4 is 17.9 Å². The lowest BCUT2D eigenvalue weighted by Crippen LogP contribution is -2.42. The molecule has 0 spiro atoms. The Morgan fingerprint density at radius 2 is 1.77 bits per heavy atom. The van der Waals surface area contributed by atoms with Crippen LogP contribution in [0.1, 0.15) is 81.6 Å². The van der Waals surface area contributed by atoms with Crippen LogP contribution in [0, 0.1) is 12.8 Å². The lowest BCUT2D eigenvalue weighted by atomic mass is 9.92. The van der Waals surface area contributed by atoms with Crippen LogP contribution in [-0.4, -0.2) is 84.7 Å². The van der Waals surface area contributed by atoms with Crippen molar-refractivity contribution in [3.8, 4) is 5.75 Å². The maximum absolute atomic E-state index is 12.9. The minimum atomic E-state index is -0.461. The Morgan fingerprint density at radius 1 is 1.05 bits per heavy atom. The number of rotatable bonds is 8. The van der Waals surface area contributed by atoms with Crippen molar-refractivity contribution in [1.29, 1.82) is 0 Å². The number of likely N-dealkylation sites (tertiary alicyclic amines) is 2. The molecule has 1 aromatic carbocycles. The Bertz CT molecular complexity index is 1010. The molecule has 9 nitrogen and oxygen atoms in total. The van der Waals surface area contributed by atoms with E-state index in [1.165, 1.54) is 0 Å². The van der Waals surface area contributed by atoms with Crippen LogP contribution in [0.5, 0.6) is 5.75 Å². The Kier molecular flexibility index (Phi) is 9.75. The molecule has 0 bridgehead atoms. The molecule has 2 N–H and O–H groups in total. The summed E-state index contributed by atoms with van der Waals surface area (Å²) in [5.41, 5.74) is 1.04. The summed E-state index contributed by atoms with van der Waals surface area (Å²) in [5.74, 6) is 1.41. The number of hydrogen-bond acceptors (Lipinski definition) is 6. The summed E-state index contributed by atoms with van der Waals surface area (Å²) in [6.07, 6.45) is 6.57. The Balaban J connectivity index is 1.14. The molecule has 2 atom stereocenters. The number of ether oxygens (including phenoxy) is 2. The molecule has 3 saturated heterocycles. The Labute approximate surface area is 233 Å². The minimum Gasteiger partial charge on any atom is -0.494 e. The molecular formula is C30H46N4O5. The molecule has 1 aromatic rings. The number of piperidine rings is 1. The second kappa shape index (κ2) is 13.0. The number of carbonyl (C=O) groups is 3. The summed E-state index contributed by atoms with van der Waals surface area (Å²) in [6, 6.07) is 5.33. The van der Waals surface area contributed by atoms with Crippen molar-refractivity contribution in [3.63, 3.8) is 0 Å². The van der Waals surface area contributed by atoms with E-state index in [0.717, 1.165) is 76.0 Å². The van der Waals surface area contributed by atoms with Gasteiger partial charge in [-0.05, 0) is 102 Å². The first kappa shape index (κ1) is 29.2. The lowest BCUT2D eigenvalue weighted by molar-refractivity contribution is -0.132. The number of nitrogens with zero attached hydrogens (tertiary/aromatic N) is 2. The Hall–Kier alpha value is -2.81. The molecule has 0 radical (unpaired) electrons. The molecule has 0 aromatic heterocycles. The second-order valence-corrected chi connectivity index (χ2v) is 12.3. The molecule has 3 amide bonds. The molecule has 216 valence electrons. The van der Waals surface area contributed by atoms with Crippen LogP contribution >= 0.6 is 0 Å². The summed E-state index contributed by atoms with van der Waals surface area (Å²) in [6.45, 7) is 12.0. The van der Waals surface area contributed by atoms with Crippen molar-refractivity contribution in [3.05, 3.63) is 29.3 Å². The fourth-order valence-corrected chi connectivity index (χ4v) is 5.73. The standard InChI is InChI=1S/C30H46N4O5/c1-21-18-24(38-17-7-8-22-11-15-34(16-12-22)29(37)39-30(2,3)4)9-10-25(21)27(35)32-23-19-26(31-20-23)28(36)33-13-5-6-14-33/h9-10,18,22-23,26,31H,5-8,11-17,19-20H2,1-4H3,(H,32,35)/t23-,26-/m0/s1. The highest BCUT2D eigenvalue weighted by atomic mass is 16.6. The largest absolute Gasteiger partial charge is 0.494 e. The molecule has 3 heterocycles. The van der Waals surface area contributed by atoms with Crippen LogP contribution in [0.25, 0.3) is 0 Å². The van der Waals surface area contributed by atoms with Crippen molar-refractivity contribution in [2.24, 2.45) is 5.92 Å². The van der Waals surface area contributed by atoms with Crippen LogP contribution < -0.4 is 15.4 Å². The highest BCUT2D eigenvalue weighted by Gasteiger charge is 2.34. The van der Waals surface area contributed by atoms with Crippen molar-refractivity contribution in [1.82, 2.24) is 20.4 Å². The third-order valence-corrected chi connectivity index (χ3v) is 7.92. The van der Waals surface area contributed by atoms with E-state index in [-0.39, 0.29) is 30.0 Å². The molecule has 3 aliphatic heterocycles. The smallest absolute Gasteiger partial charge is 0.410 e. The van der Waals surface area contributed by atoms with E-state index in [1.807, 2.05) is 55.7 Å². The van der Waals surface area contributed by atoms with Crippen LogP contribution in [0.4, 0.5) is 4.79 Å². The first-order chi connectivity index (χ1) is 18.6. The molecule has 0 aliphatic carbocycles. The number of nitrogens with one attached hydrogen (secondary N) is 2.